The molecular formula is C21H22ClN3O3. The van der Waals surface area contributed by atoms with Crippen molar-refractivity contribution in [2.24, 2.45) is 0 Å². The van der Waals surface area contributed by atoms with Crippen LogP contribution in [0.4, 0.5) is 5.69 Å². The molecule has 0 aliphatic carbocycles. The molecule has 0 unspecified atom stereocenters. The zero-order chi connectivity index (χ0) is 19.7. The highest BCUT2D eigenvalue weighted by atomic mass is 35.5. The Morgan fingerprint density at radius 1 is 1.18 bits per heavy atom. The molecule has 146 valence electrons. The fourth-order valence-electron chi connectivity index (χ4n) is 3.85. The maximum Gasteiger partial charge on any atom is 0.255 e. The van der Waals surface area contributed by atoms with Gasteiger partial charge in [-0.25, -0.2) is 0 Å². The van der Waals surface area contributed by atoms with Crippen LogP contribution in [0.5, 0.6) is 5.75 Å². The molecule has 2 aliphatic rings. The van der Waals surface area contributed by atoms with Gasteiger partial charge in [-0.2, -0.15) is 0 Å². The number of likely N-dealkylation sites (tertiary alicyclic amines) is 1. The van der Waals surface area contributed by atoms with Crippen LogP contribution in [0.15, 0.2) is 42.5 Å². The summed E-state index contributed by atoms with van der Waals surface area (Å²) in [6, 6.07) is 12.8. The van der Waals surface area contributed by atoms with Gasteiger partial charge in [0.1, 0.15) is 11.4 Å². The Hall–Kier alpha value is -2.73. The summed E-state index contributed by atoms with van der Waals surface area (Å²) in [5.74, 6) is 0.684. The lowest BCUT2D eigenvalue weighted by Crippen LogP contribution is -2.62. The molecule has 6 nitrogen and oxygen atoms in total. The molecule has 1 fully saturated rings. The van der Waals surface area contributed by atoms with E-state index in [0.717, 1.165) is 11.3 Å². The van der Waals surface area contributed by atoms with Gasteiger partial charge in [0.2, 0.25) is 5.91 Å². The van der Waals surface area contributed by atoms with Gasteiger partial charge in [0.15, 0.2) is 0 Å². The summed E-state index contributed by atoms with van der Waals surface area (Å²) >= 11 is 6.29. The lowest BCUT2D eigenvalue weighted by molar-refractivity contribution is -0.132. The van der Waals surface area contributed by atoms with Crippen LogP contribution in [0, 0.1) is 0 Å². The normalized spacial score (nSPS) is 17.5. The Balaban J connectivity index is 1.42. The van der Waals surface area contributed by atoms with Crippen molar-refractivity contribution in [3.63, 3.8) is 0 Å². The Morgan fingerprint density at radius 2 is 1.93 bits per heavy atom. The summed E-state index contributed by atoms with van der Waals surface area (Å²) < 4.78 is 5.22. The Morgan fingerprint density at radius 3 is 2.68 bits per heavy atom. The first-order chi connectivity index (χ1) is 13.5. The van der Waals surface area contributed by atoms with Gasteiger partial charge in [-0.05, 0) is 29.8 Å². The van der Waals surface area contributed by atoms with E-state index in [-0.39, 0.29) is 11.8 Å². The predicted molar refractivity (Wildman–Crippen MR) is 108 cm³/mol. The van der Waals surface area contributed by atoms with Crippen molar-refractivity contribution in [1.82, 2.24) is 10.2 Å². The molecule has 1 saturated heterocycles. The average Bonchev–Trinajstić information content (AvgIpc) is 2.69. The standard InChI is InChI=1S/C21H22ClN3O3/c1-28-15-5-2-4-14(12-15)13-18(26)25-10-8-21(9-11-25)23-19-16(20(27)24-21)6-3-7-17(19)22/h2-7,12,23H,8-11,13H2,1H3,(H,24,27). The smallest absolute Gasteiger partial charge is 0.255 e. The molecule has 2 heterocycles. The van der Waals surface area contributed by atoms with E-state index in [9.17, 15) is 9.59 Å². The summed E-state index contributed by atoms with van der Waals surface area (Å²) in [5.41, 5.74) is 1.58. The molecule has 7 heteroatoms. The highest BCUT2D eigenvalue weighted by Gasteiger charge is 2.41. The fourth-order valence-corrected chi connectivity index (χ4v) is 4.07. The van der Waals surface area contributed by atoms with E-state index in [1.807, 2.05) is 29.2 Å². The monoisotopic (exact) mass is 399 g/mol. The molecule has 0 bridgehead atoms. The first-order valence-electron chi connectivity index (χ1n) is 9.30. The third-order valence-electron chi connectivity index (χ3n) is 5.43. The van der Waals surface area contributed by atoms with Crippen molar-refractivity contribution < 1.29 is 14.3 Å². The van der Waals surface area contributed by atoms with Crippen LogP contribution < -0.4 is 15.4 Å². The highest BCUT2D eigenvalue weighted by molar-refractivity contribution is 6.34. The Bertz CT molecular complexity index is 923. The third kappa shape index (κ3) is 3.52. The van der Waals surface area contributed by atoms with Gasteiger partial charge in [0, 0.05) is 25.9 Å². The average molecular weight is 400 g/mol. The number of rotatable bonds is 3. The number of para-hydroxylation sites is 1. The van der Waals surface area contributed by atoms with Crippen LogP contribution in [0.3, 0.4) is 0 Å². The first-order valence-corrected chi connectivity index (χ1v) is 9.67. The minimum absolute atomic E-state index is 0.0728. The van der Waals surface area contributed by atoms with E-state index in [4.69, 9.17) is 16.3 Å². The van der Waals surface area contributed by atoms with Gasteiger partial charge >= 0.3 is 0 Å². The molecule has 2 aliphatic heterocycles. The van der Waals surface area contributed by atoms with Crippen molar-refractivity contribution >= 4 is 29.1 Å². The van der Waals surface area contributed by atoms with Crippen LogP contribution in [0.1, 0.15) is 28.8 Å². The number of benzene rings is 2. The molecule has 2 amide bonds. The molecule has 0 aromatic heterocycles. The molecule has 0 atom stereocenters. The number of amides is 2. The maximum absolute atomic E-state index is 12.7. The van der Waals surface area contributed by atoms with Crippen LogP contribution in [-0.4, -0.2) is 42.6 Å². The van der Waals surface area contributed by atoms with Crippen molar-refractivity contribution in [3.8, 4) is 5.75 Å². The second kappa shape index (κ2) is 7.36. The molecule has 1 spiro atoms. The number of nitrogens with one attached hydrogen (secondary N) is 2. The van der Waals surface area contributed by atoms with Crippen LogP contribution in [0.2, 0.25) is 5.02 Å². The Labute approximate surface area is 168 Å². The van der Waals surface area contributed by atoms with Gasteiger partial charge < -0.3 is 20.3 Å². The van der Waals surface area contributed by atoms with Crippen molar-refractivity contribution in [1.29, 1.82) is 0 Å². The molecule has 2 aromatic carbocycles. The van der Waals surface area contributed by atoms with Gasteiger partial charge in [0.25, 0.3) is 5.91 Å². The number of nitrogens with zero attached hydrogens (tertiary/aromatic N) is 1. The van der Waals surface area contributed by atoms with Crippen LogP contribution >= 0.6 is 11.6 Å². The maximum atomic E-state index is 12.7. The number of anilines is 1. The number of ether oxygens (including phenoxy) is 1. The number of methoxy groups -OCH3 is 1. The van der Waals surface area contributed by atoms with E-state index in [0.29, 0.717) is 48.6 Å². The second-order valence-electron chi connectivity index (χ2n) is 7.23. The molecular weight excluding hydrogens is 378 g/mol. The number of carbonyl (C=O) groups excluding carboxylic acids is 2. The van der Waals surface area contributed by atoms with E-state index in [1.165, 1.54) is 0 Å². The number of piperidine rings is 1. The summed E-state index contributed by atoms with van der Waals surface area (Å²) in [4.78, 5) is 27.1. The van der Waals surface area contributed by atoms with E-state index in [1.54, 1.807) is 25.3 Å². The minimum atomic E-state index is -0.568. The van der Waals surface area contributed by atoms with Crippen LogP contribution in [-0.2, 0) is 11.2 Å². The van der Waals surface area contributed by atoms with Gasteiger partial charge in [-0.1, -0.05) is 29.8 Å². The SMILES string of the molecule is COc1cccc(CC(=O)N2CCC3(CC2)NC(=O)c2cccc(Cl)c2N3)c1. The fraction of sp³-hybridized carbons (Fsp3) is 0.333. The molecule has 0 saturated carbocycles. The summed E-state index contributed by atoms with van der Waals surface area (Å²) in [6.45, 7) is 1.13. The minimum Gasteiger partial charge on any atom is -0.497 e. The molecule has 28 heavy (non-hydrogen) atoms. The molecule has 4 rings (SSSR count). The number of hydrogen-bond donors (Lipinski definition) is 2. The second-order valence-corrected chi connectivity index (χ2v) is 7.64. The lowest BCUT2D eigenvalue weighted by atomic mass is 9.92. The van der Waals surface area contributed by atoms with Crippen LogP contribution in [0.25, 0.3) is 0 Å². The van der Waals surface area contributed by atoms with E-state index in [2.05, 4.69) is 10.6 Å². The van der Waals surface area contributed by atoms with Crippen molar-refractivity contribution in [3.05, 3.63) is 58.6 Å². The summed E-state index contributed by atoms with van der Waals surface area (Å²) in [7, 11) is 1.61. The van der Waals surface area contributed by atoms with Gasteiger partial charge in [0.05, 0.1) is 29.8 Å². The molecule has 2 N–H and O–H groups in total. The summed E-state index contributed by atoms with van der Waals surface area (Å²) in [6.07, 6.45) is 1.57. The zero-order valence-electron chi connectivity index (χ0n) is 15.6. The molecule has 0 radical (unpaired) electrons. The number of fused-ring (bicyclic) bond motifs is 1. The number of halogens is 1. The highest BCUT2D eigenvalue weighted by Crippen LogP contribution is 2.35. The predicted octanol–water partition coefficient (Wildman–Crippen LogP) is 3.07. The van der Waals surface area contributed by atoms with Crippen molar-refractivity contribution in [2.75, 3.05) is 25.5 Å². The largest absolute Gasteiger partial charge is 0.497 e. The van der Waals surface area contributed by atoms with E-state index < -0.39 is 5.66 Å². The lowest BCUT2D eigenvalue weighted by Gasteiger charge is -2.46. The van der Waals surface area contributed by atoms with Gasteiger partial charge in [-0.15, -0.1) is 0 Å². The third-order valence-corrected chi connectivity index (χ3v) is 5.75. The number of carbonyl (C=O) groups is 2. The zero-order valence-corrected chi connectivity index (χ0v) is 16.4. The number of hydrogen-bond acceptors (Lipinski definition) is 4. The Kier molecular flexibility index (Phi) is 4.89. The van der Waals surface area contributed by atoms with E-state index >= 15 is 0 Å². The first kappa shape index (κ1) is 18.6. The van der Waals surface area contributed by atoms with Gasteiger partial charge in [-0.3, -0.25) is 9.59 Å². The summed E-state index contributed by atoms with van der Waals surface area (Å²) in [5, 5.41) is 7.02. The quantitative estimate of drug-likeness (QED) is 0.832. The van der Waals surface area contributed by atoms with Crippen molar-refractivity contribution in [2.45, 2.75) is 24.9 Å². The molecule has 2 aromatic rings. The topological polar surface area (TPSA) is 70.7 Å².